The molecule has 0 aliphatic rings. The predicted octanol–water partition coefficient (Wildman–Crippen LogP) is 5.68. The van der Waals surface area contributed by atoms with Crippen LogP contribution in [0.4, 0.5) is 0 Å². The maximum atomic E-state index is 5.94. The summed E-state index contributed by atoms with van der Waals surface area (Å²) in [6, 6.07) is 29.6. The Morgan fingerprint density at radius 3 is 2.04 bits per heavy atom. The molecule has 0 fully saturated rings. The maximum Gasteiger partial charge on any atom is 0.120 e. The molecule has 0 saturated carbocycles. The van der Waals surface area contributed by atoms with Crippen molar-refractivity contribution in [2.45, 2.75) is 32.5 Å². The van der Waals surface area contributed by atoms with E-state index in [4.69, 9.17) is 4.74 Å². The quantitative estimate of drug-likeness (QED) is 0.601. The van der Waals surface area contributed by atoms with E-state index in [-0.39, 0.29) is 6.04 Å². The average molecular weight is 331 g/mol. The van der Waals surface area contributed by atoms with Gasteiger partial charge in [0.25, 0.3) is 0 Å². The van der Waals surface area contributed by atoms with Crippen LogP contribution in [0.3, 0.4) is 0 Å². The van der Waals surface area contributed by atoms with E-state index in [2.05, 4.69) is 73.8 Å². The lowest BCUT2D eigenvalue weighted by Crippen LogP contribution is -2.22. The standard InChI is InChI=1S/C23H25NO/c1-18(21-12-7-4-8-13-21)24-19(2)22-14-9-15-23(16-22)25-17-20-10-5-3-6-11-20/h3-16,18-19,24H,17H2,1-2H3. The second-order valence-electron chi connectivity index (χ2n) is 6.37. The second kappa shape index (κ2) is 8.50. The van der Waals surface area contributed by atoms with E-state index < -0.39 is 0 Å². The van der Waals surface area contributed by atoms with Gasteiger partial charge in [-0.2, -0.15) is 0 Å². The summed E-state index contributed by atoms with van der Waals surface area (Å²) in [6.07, 6.45) is 0. The molecule has 2 nitrogen and oxygen atoms in total. The predicted molar refractivity (Wildman–Crippen MR) is 104 cm³/mol. The van der Waals surface area contributed by atoms with E-state index in [9.17, 15) is 0 Å². The molecule has 3 aromatic rings. The Kier molecular flexibility index (Phi) is 5.86. The van der Waals surface area contributed by atoms with Gasteiger partial charge in [0.15, 0.2) is 0 Å². The third-order valence-electron chi connectivity index (χ3n) is 4.41. The van der Waals surface area contributed by atoms with Gasteiger partial charge < -0.3 is 10.1 Å². The zero-order chi connectivity index (χ0) is 17.5. The highest BCUT2D eigenvalue weighted by Gasteiger charge is 2.11. The molecule has 0 aliphatic heterocycles. The zero-order valence-electron chi connectivity index (χ0n) is 14.9. The molecular weight excluding hydrogens is 306 g/mol. The Morgan fingerprint density at radius 1 is 0.720 bits per heavy atom. The van der Waals surface area contributed by atoms with Crippen molar-refractivity contribution >= 4 is 0 Å². The van der Waals surface area contributed by atoms with Crippen molar-refractivity contribution in [3.63, 3.8) is 0 Å². The molecule has 0 aliphatic carbocycles. The lowest BCUT2D eigenvalue weighted by Gasteiger charge is -2.21. The van der Waals surface area contributed by atoms with Crippen LogP contribution in [0.15, 0.2) is 84.9 Å². The van der Waals surface area contributed by atoms with Crippen molar-refractivity contribution in [2.75, 3.05) is 0 Å². The van der Waals surface area contributed by atoms with E-state index in [0.717, 1.165) is 5.75 Å². The molecule has 0 heterocycles. The first kappa shape index (κ1) is 17.2. The van der Waals surface area contributed by atoms with E-state index >= 15 is 0 Å². The van der Waals surface area contributed by atoms with Gasteiger partial charge in [-0.25, -0.2) is 0 Å². The number of hydrogen-bond acceptors (Lipinski definition) is 2. The van der Waals surface area contributed by atoms with E-state index in [1.54, 1.807) is 0 Å². The molecule has 2 unspecified atom stereocenters. The second-order valence-corrected chi connectivity index (χ2v) is 6.37. The number of ether oxygens (including phenoxy) is 1. The van der Waals surface area contributed by atoms with Gasteiger partial charge in [-0.3, -0.25) is 0 Å². The van der Waals surface area contributed by atoms with Crippen LogP contribution in [0.5, 0.6) is 5.75 Å². The molecule has 128 valence electrons. The number of benzene rings is 3. The number of hydrogen-bond donors (Lipinski definition) is 1. The van der Waals surface area contributed by atoms with Crippen molar-refractivity contribution in [2.24, 2.45) is 0 Å². The monoisotopic (exact) mass is 331 g/mol. The Bertz CT molecular complexity index is 770. The fourth-order valence-electron chi connectivity index (χ4n) is 2.92. The first-order valence-electron chi connectivity index (χ1n) is 8.80. The fraction of sp³-hybridized carbons (Fsp3) is 0.217. The molecule has 0 amide bonds. The molecule has 0 bridgehead atoms. The van der Waals surface area contributed by atoms with Crippen molar-refractivity contribution in [3.8, 4) is 5.75 Å². The van der Waals surface area contributed by atoms with Crippen LogP contribution in [-0.4, -0.2) is 0 Å². The first-order chi connectivity index (χ1) is 12.2. The van der Waals surface area contributed by atoms with Gasteiger partial charge in [-0.05, 0) is 42.7 Å². The van der Waals surface area contributed by atoms with Gasteiger partial charge in [0.05, 0.1) is 0 Å². The minimum absolute atomic E-state index is 0.246. The normalized spacial score (nSPS) is 13.2. The van der Waals surface area contributed by atoms with E-state index in [1.165, 1.54) is 16.7 Å². The minimum atomic E-state index is 0.246. The van der Waals surface area contributed by atoms with Crippen LogP contribution in [0.2, 0.25) is 0 Å². The molecule has 0 aromatic heterocycles. The summed E-state index contributed by atoms with van der Waals surface area (Å²) in [5.41, 5.74) is 3.70. The zero-order valence-corrected chi connectivity index (χ0v) is 14.9. The van der Waals surface area contributed by atoms with Crippen molar-refractivity contribution in [1.82, 2.24) is 5.32 Å². The Morgan fingerprint density at radius 2 is 1.32 bits per heavy atom. The molecule has 0 saturated heterocycles. The molecule has 3 aromatic carbocycles. The minimum Gasteiger partial charge on any atom is -0.489 e. The summed E-state index contributed by atoms with van der Waals surface area (Å²) in [7, 11) is 0. The van der Waals surface area contributed by atoms with Crippen LogP contribution in [0, 0.1) is 0 Å². The lowest BCUT2D eigenvalue weighted by molar-refractivity contribution is 0.305. The number of nitrogens with one attached hydrogen (secondary N) is 1. The highest BCUT2D eigenvalue weighted by molar-refractivity contribution is 5.31. The van der Waals surface area contributed by atoms with Crippen LogP contribution >= 0.6 is 0 Å². The molecule has 25 heavy (non-hydrogen) atoms. The van der Waals surface area contributed by atoms with E-state index in [0.29, 0.717) is 12.6 Å². The largest absolute Gasteiger partial charge is 0.489 e. The fourth-order valence-corrected chi connectivity index (χ4v) is 2.92. The molecule has 1 N–H and O–H groups in total. The van der Waals surface area contributed by atoms with Gasteiger partial charge in [0, 0.05) is 12.1 Å². The van der Waals surface area contributed by atoms with Crippen LogP contribution in [0.25, 0.3) is 0 Å². The third kappa shape index (κ3) is 4.94. The third-order valence-corrected chi connectivity index (χ3v) is 4.41. The summed E-state index contributed by atoms with van der Waals surface area (Å²) in [6.45, 7) is 4.98. The van der Waals surface area contributed by atoms with Crippen LogP contribution in [-0.2, 0) is 6.61 Å². The van der Waals surface area contributed by atoms with Crippen molar-refractivity contribution in [3.05, 3.63) is 102 Å². The highest BCUT2D eigenvalue weighted by Crippen LogP contribution is 2.23. The van der Waals surface area contributed by atoms with Gasteiger partial charge in [-0.1, -0.05) is 72.8 Å². The Labute approximate surface area is 150 Å². The van der Waals surface area contributed by atoms with Crippen LogP contribution < -0.4 is 10.1 Å². The maximum absolute atomic E-state index is 5.94. The molecule has 0 radical (unpaired) electrons. The van der Waals surface area contributed by atoms with Gasteiger partial charge in [0.2, 0.25) is 0 Å². The molecule has 2 heteroatoms. The summed E-state index contributed by atoms with van der Waals surface area (Å²) in [4.78, 5) is 0. The SMILES string of the molecule is CC(NC(C)c1cccc(OCc2ccccc2)c1)c1ccccc1. The smallest absolute Gasteiger partial charge is 0.120 e. The number of rotatable bonds is 7. The molecule has 0 spiro atoms. The summed E-state index contributed by atoms with van der Waals surface area (Å²) in [5.74, 6) is 0.905. The highest BCUT2D eigenvalue weighted by atomic mass is 16.5. The molecular formula is C23H25NO. The topological polar surface area (TPSA) is 21.3 Å². The van der Waals surface area contributed by atoms with Gasteiger partial charge >= 0.3 is 0 Å². The molecule has 2 atom stereocenters. The van der Waals surface area contributed by atoms with E-state index in [1.807, 2.05) is 30.3 Å². The summed E-state index contributed by atoms with van der Waals surface area (Å²) < 4.78 is 5.94. The first-order valence-corrected chi connectivity index (χ1v) is 8.80. The van der Waals surface area contributed by atoms with Gasteiger partial charge in [0.1, 0.15) is 12.4 Å². The summed E-state index contributed by atoms with van der Waals surface area (Å²) in [5, 5.41) is 3.66. The molecule has 3 rings (SSSR count). The van der Waals surface area contributed by atoms with Crippen molar-refractivity contribution < 1.29 is 4.74 Å². The van der Waals surface area contributed by atoms with Crippen LogP contribution in [0.1, 0.15) is 42.6 Å². The summed E-state index contributed by atoms with van der Waals surface area (Å²) >= 11 is 0. The Balaban J connectivity index is 1.62. The lowest BCUT2D eigenvalue weighted by atomic mass is 10.0. The van der Waals surface area contributed by atoms with Gasteiger partial charge in [-0.15, -0.1) is 0 Å². The van der Waals surface area contributed by atoms with Crippen molar-refractivity contribution in [1.29, 1.82) is 0 Å². The Hall–Kier alpha value is -2.58. The average Bonchev–Trinajstić information content (AvgIpc) is 2.68.